The smallest absolute Gasteiger partial charge is 0.308 e. The average molecular weight is 331 g/mol. The van der Waals surface area contributed by atoms with E-state index >= 15 is 0 Å². The fraction of sp³-hybridized carbons (Fsp3) is 0.538. The Morgan fingerprint density at radius 2 is 2.16 bits per heavy atom. The molecule has 19 heavy (non-hydrogen) atoms. The van der Waals surface area contributed by atoms with Crippen molar-refractivity contribution < 1.29 is 14.7 Å². The molecule has 1 aromatic rings. The monoisotopic (exact) mass is 330 g/mol. The minimum atomic E-state index is -0.882. The summed E-state index contributed by atoms with van der Waals surface area (Å²) in [7, 11) is 0. The zero-order valence-electron chi connectivity index (χ0n) is 11.1. The van der Waals surface area contributed by atoms with Gasteiger partial charge < -0.3 is 15.0 Å². The lowest BCUT2D eigenvalue weighted by Crippen LogP contribution is -2.33. The van der Waals surface area contributed by atoms with Gasteiger partial charge in [0.15, 0.2) is 0 Å². The fourth-order valence-electron chi connectivity index (χ4n) is 1.80. The SMILES string of the molecule is CCCn1cc(Br)cc1C(=O)NCC(CC)C(=O)O. The van der Waals surface area contributed by atoms with E-state index in [1.807, 2.05) is 17.7 Å². The Morgan fingerprint density at radius 3 is 2.68 bits per heavy atom. The molecule has 0 fully saturated rings. The van der Waals surface area contributed by atoms with Crippen molar-refractivity contribution >= 4 is 27.8 Å². The van der Waals surface area contributed by atoms with Crippen LogP contribution in [0.5, 0.6) is 0 Å². The number of hydrogen-bond donors (Lipinski definition) is 2. The van der Waals surface area contributed by atoms with Crippen LogP contribution in [-0.4, -0.2) is 28.1 Å². The van der Waals surface area contributed by atoms with Crippen LogP contribution >= 0.6 is 15.9 Å². The minimum Gasteiger partial charge on any atom is -0.481 e. The number of carboxylic acid groups (broad SMARTS) is 1. The molecule has 0 aromatic carbocycles. The van der Waals surface area contributed by atoms with Crippen molar-refractivity contribution in [1.82, 2.24) is 9.88 Å². The number of nitrogens with one attached hydrogen (secondary N) is 1. The predicted molar refractivity (Wildman–Crippen MR) is 76.2 cm³/mol. The quantitative estimate of drug-likeness (QED) is 0.806. The topological polar surface area (TPSA) is 71.3 Å². The highest BCUT2D eigenvalue weighted by atomic mass is 79.9. The van der Waals surface area contributed by atoms with Gasteiger partial charge in [0.05, 0.1) is 5.92 Å². The second kappa shape index (κ2) is 7.33. The summed E-state index contributed by atoms with van der Waals surface area (Å²) in [5.74, 6) is -1.66. The maximum Gasteiger partial charge on any atom is 0.308 e. The number of halogens is 1. The molecule has 0 aliphatic carbocycles. The van der Waals surface area contributed by atoms with Crippen molar-refractivity contribution in [2.75, 3.05) is 6.54 Å². The molecule has 0 saturated heterocycles. The zero-order chi connectivity index (χ0) is 14.4. The van der Waals surface area contributed by atoms with Crippen molar-refractivity contribution in [2.24, 2.45) is 5.92 Å². The van der Waals surface area contributed by atoms with Gasteiger partial charge in [-0.1, -0.05) is 13.8 Å². The number of aliphatic carboxylic acids is 1. The Hall–Kier alpha value is -1.30. The van der Waals surface area contributed by atoms with Crippen LogP contribution in [0.15, 0.2) is 16.7 Å². The normalized spacial score (nSPS) is 12.2. The molecule has 0 aliphatic heterocycles. The van der Waals surface area contributed by atoms with E-state index in [9.17, 15) is 9.59 Å². The highest BCUT2D eigenvalue weighted by Crippen LogP contribution is 2.15. The van der Waals surface area contributed by atoms with E-state index in [4.69, 9.17) is 5.11 Å². The summed E-state index contributed by atoms with van der Waals surface area (Å²) in [6, 6.07) is 1.74. The molecule has 0 radical (unpaired) electrons. The Balaban J connectivity index is 2.70. The van der Waals surface area contributed by atoms with Crippen LogP contribution in [0.1, 0.15) is 37.2 Å². The van der Waals surface area contributed by atoms with Crippen LogP contribution in [0.25, 0.3) is 0 Å². The number of aromatic nitrogens is 1. The second-order valence-corrected chi connectivity index (χ2v) is 5.31. The molecular formula is C13H19BrN2O3. The van der Waals surface area contributed by atoms with Crippen molar-refractivity contribution in [3.8, 4) is 0 Å². The van der Waals surface area contributed by atoms with Gasteiger partial charge in [-0.25, -0.2) is 0 Å². The summed E-state index contributed by atoms with van der Waals surface area (Å²) in [6.45, 7) is 4.73. The molecule has 1 heterocycles. The summed E-state index contributed by atoms with van der Waals surface area (Å²) in [5.41, 5.74) is 0.550. The van der Waals surface area contributed by atoms with Crippen LogP contribution in [0.2, 0.25) is 0 Å². The first-order valence-corrected chi connectivity index (χ1v) is 7.15. The number of rotatable bonds is 7. The third kappa shape index (κ3) is 4.38. The van der Waals surface area contributed by atoms with E-state index in [0.717, 1.165) is 17.4 Å². The van der Waals surface area contributed by atoms with Crippen LogP contribution in [0.3, 0.4) is 0 Å². The van der Waals surface area contributed by atoms with Gasteiger partial charge in [0.25, 0.3) is 5.91 Å². The van der Waals surface area contributed by atoms with Gasteiger partial charge >= 0.3 is 5.97 Å². The molecule has 1 rings (SSSR count). The van der Waals surface area contributed by atoms with Gasteiger partial charge in [-0.15, -0.1) is 0 Å². The molecule has 1 aromatic heterocycles. The van der Waals surface area contributed by atoms with Crippen molar-refractivity contribution in [3.05, 3.63) is 22.4 Å². The molecule has 1 unspecified atom stereocenters. The summed E-state index contributed by atoms with van der Waals surface area (Å²) < 4.78 is 2.71. The van der Waals surface area contributed by atoms with Crippen LogP contribution < -0.4 is 5.32 Å². The van der Waals surface area contributed by atoms with E-state index in [0.29, 0.717) is 12.1 Å². The molecular weight excluding hydrogens is 312 g/mol. The van der Waals surface area contributed by atoms with Crippen LogP contribution in [0, 0.1) is 5.92 Å². The lowest BCUT2D eigenvalue weighted by atomic mass is 10.1. The lowest BCUT2D eigenvalue weighted by Gasteiger charge is -2.12. The molecule has 5 nitrogen and oxygen atoms in total. The fourth-order valence-corrected chi connectivity index (χ4v) is 2.27. The summed E-state index contributed by atoms with van der Waals surface area (Å²) in [5, 5.41) is 11.6. The standard InChI is InChI=1S/C13H19BrN2O3/c1-3-5-16-8-10(14)6-11(16)12(17)15-7-9(4-2)13(18)19/h6,8-9H,3-5,7H2,1-2H3,(H,15,17)(H,18,19). The van der Waals surface area contributed by atoms with E-state index < -0.39 is 11.9 Å². The number of carboxylic acids is 1. The van der Waals surface area contributed by atoms with E-state index in [-0.39, 0.29) is 12.5 Å². The van der Waals surface area contributed by atoms with Gasteiger partial charge in [-0.05, 0) is 34.8 Å². The first kappa shape index (κ1) is 15.8. The molecule has 1 amide bonds. The highest BCUT2D eigenvalue weighted by Gasteiger charge is 2.18. The van der Waals surface area contributed by atoms with Crippen LogP contribution in [0.4, 0.5) is 0 Å². The second-order valence-electron chi connectivity index (χ2n) is 4.39. The molecule has 0 bridgehead atoms. The highest BCUT2D eigenvalue weighted by molar-refractivity contribution is 9.10. The van der Waals surface area contributed by atoms with Crippen LogP contribution in [-0.2, 0) is 11.3 Å². The summed E-state index contributed by atoms with van der Waals surface area (Å²) >= 11 is 3.34. The number of carbonyl (C=O) groups excluding carboxylic acids is 1. The third-order valence-corrected chi connectivity index (χ3v) is 3.35. The Morgan fingerprint density at radius 1 is 1.47 bits per heavy atom. The van der Waals surface area contributed by atoms with Gasteiger partial charge in [0.1, 0.15) is 5.69 Å². The number of aryl methyl sites for hydroxylation is 1. The molecule has 0 spiro atoms. The summed E-state index contributed by atoms with van der Waals surface area (Å²) in [4.78, 5) is 22.9. The Labute approximate surface area is 121 Å². The first-order valence-electron chi connectivity index (χ1n) is 6.36. The largest absolute Gasteiger partial charge is 0.481 e. The zero-order valence-corrected chi connectivity index (χ0v) is 12.7. The van der Waals surface area contributed by atoms with Gasteiger partial charge in [0, 0.05) is 23.8 Å². The molecule has 6 heteroatoms. The van der Waals surface area contributed by atoms with Gasteiger partial charge in [0.2, 0.25) is 0 Å². The van der Waals surface area contributed by atoms with Gasteiger partial charge in [-0.3, -0.25) is 9.59 Å². The van der Waals surface area contributed by atoms with Gasteiger partial charge in [-0.2, -0.15) is 0 Å². The maximum atomic E-state index is 12.1. The lowest BCUT2D eigenvalue weighted by molar-refractivity contribution is -0.141. The summed E-state index contributed by atoms with van der Waals surface area (Å²) in [6.07, 6.45) is 3.27. The molecule has 2 N–H and O–H groups in total. The number of amides is 1. The molecule has 1 atom stereocenters. The van der Waals surface area contributed by atoms with E-state index in [2.05, 4.69) is 21.2 Å². The predicted octanol–water partition coefficient (Wildman–Crippen LogP) is 2.50. The van der Waals surface area contributed by atoms with E-state index in [1.165, 1.54) is 0 Å². The molecule has 0 saturated carbocycles. The minimum absolute atomic E-state index is 0.152. The van der Waals surface area contributed by atoms with E-state index in [1.54, 1.807) is 13.0 Å². The maximum absolute atomic E-state index is 12.1. The number of nitrogens with zero attached hydrogens (tertiary/aromatic N) is 1. The molecule has 0 aliphatic rings. The van der Waals surface area contributed by atoms with Crippen molar-refractivity contribution in [1.29, 1.82) is 0 Å². The molecule has 106 valence electrons. The van der Waals surface area contributed by atoms with Crippen molar-refractivity contribution in [2.45, 2.75) is 33.2 Å². The van der Waals surface area contributed by atoms with Crippen molar-refractivity contribution in [3.63, 3.8) is 0 Å². The third-order valence-electron chi connectivity index (χ3n) is 2.91. The Bertz CT molecular complexity index is 457. The first-order chi connectivity index (χ1) is 8.99. The Kier molecular flexibility index (Phi) is 6.08. The number of carbonyl (C=O) groups is 2. The number of hydrogen-bond acceptors (Lipinski definition) is 2. The average Bonchev–Trinajstić information content (AvgIpc) is 2.71.